The van der Waals surface area contributed by atoms with Crippen LogP contribution < -0.4 is 5.43 Å². The highest BCUT2D eigenvalue weighted by Crippen LogP contribution is 2.35. The fourth-order valence-corrected chi connectivity index (χ4v) is 2.83. The summed E-state index contributed by atoms with van der Waals surface area (Å²) in [6.45, 7) is 0.974. The molecule has 0 aliphatic heterocycles. The minimum absolute atomic E-state index is 0.0392. The van der Waals surface area contributed by atoms with Crippen molar-refractivity contribution >= 4 is 21.9 Å². The van der Waals surface area contributed by atoms with E-state index in [1.807, 2.05) is 0 Å². The highest BCUT2D eigenvalue weighted by molar-refractivity contribution is 5.92. The highest BCUT2D eigenvalue weighted by Gasteiger charge is 2.38. The Kier molecular flexibility index (Phi) is 4.34. The molecule has 3 aromatic rings. The molecule has 3 N–H and O–H groups in total. The van der Waals surface area contributed by atoms with Crippen LogP contribution in [-0.4, -0.2) is 29.0 Å². The number of aliphatic hydroxyl groups excluding tert-OH is 2. The topological polar surface area (TPSA) is 100 Å². The molecule has 0 bridgehead atoms. The average molecular weight is 342 g/mol. The van der Waals surface area contributed by atoms with E-state index in [2.05, 4.69) is 0 Å². The van der Waals surface area contributed by atoms with Crippen LogP contribution in [0, 0.1) is 0 Å². The number of methoxy groups -OCH3 is 1. The number of hydrogen-bond acceptors (Lipinski definition) is 6. The van der Waals surface area contributed by atoms with Crippen LogP contribution >= 0.6 is 0 Å². The molecular weight excluding hydrogens is 324 g/mol. The van der Waals surface area contributed by atoms with Gasteiger partial charge in [0, 0.05) is 12.7 Å². The van der Waals surface area contributed by atoms with Gasteiger partial charge < -0.3 is 24.5 Å². The fraction of sp³-hybridized carbons (Fsp3) is 0.211. The lowest BCUT2D eigenvalue weighted by Gasteiger charge is -2.28. The predicted octanol–water partition coefficient (Wildman–Crippen LogP) is 2.56. The minimum atomic E-state index is -2.29. The molecule has 25 heavy (non-hydrogen) atoms. The smallest absolute Gasteiger partial charge is 0.253 e. The highest BCUT2D eigenvalue weighted by atomic mass is 16.6. The Morgan fingerprint density at radius 3 is 2.52 bits per heavy atom. The molecule has 0 saturated carbocycles. The van der Waals surface area contributed by atoms with Crippen LogP contribution in [-0.2, 0) is 10.5 Å². The Morgan fingerprint density at radius 1 is 1.16 bits per heavy atom. The summed E-state index contributed by atoms with van der Waals surface area (Å²) in [6, 6.07) is 11.4. The van der Waals surface area contributed by atoms with E-state index in [1.165, 1.54) is 20.1 Å². The summed E-state index contributed by atoms with van der Waals surface area (Å²) in [5, 5.41) is 31.0. The molecule has 1 heterocycles. The second kappa shape index (κ2) is 6.33. The molecule has 0 aliphatic carbocycles. The van der Waals surface area contributed by atoms with E-state index >= 15 is 0 Å². The summed E-state index contributed by atoms with van der Waals surface area (Å²) < 4.78 is 10.9. The van der Waals surface area contributed by atoms with Crippen molar-refractivity contribution < 1.29 is 24.5 Å². The van der Waals surface area contributed by atoms with Crippen LogP contribution in [0.25, 0.3) is 21.9 Å². The third kappa shape index (κ3) is 2.60. The lowest BCUT2D eigenvalue weighted by atomic mass is 9.96. The molecule has 0 fully saturated rings. The Bertz CT molecular complexity index is 1030. The first-order chi connectivity index (χ1) is 11.9. The molecule has 0 saturated heterocycles. The molecular formula is C19H18O6. The molecule has 0 radical (unpaired) electrons. The van der Waals surface area contributed by atoms with Crippen molar-refractivity contribution in [3.8, 4) is 0 Å². The Balaban J connectivity index is 2.44. The first kappa shape index (κ1) is 17.2. The lowest BCUT2D eigenvalue weighted by Crippen LogP contribution is -2.33. The normalized spacial score (nSPS) is 15.2. The summed E-state index contributed by atoms with van der Waals surface area (Å²) in [5.41, 5.74) is 0.483. The van der Waals surface area contributed by atoms with Gasteiger partial charge in [-0.05, 0) is 30.7 Å². The second-order valence-electron chi connectivity index (χ2n) is 5.74. The van der Waals surface area contributed by atoms with Gasteiger partial charge in [0.1, 0.15) is 11.2 Å². The molecule has 130 valence electrons. The van der Waals surface area contributed by atoms with Gasteiger partial charge in [-0.2, -0.15) is 0 Å². The first-order valence-corrected chi connectivity index (χ1v) is 7.66. The molecule has 3 rings (SSSR count). The van der Waals surface area contributed by atoms with Crippen molar-refractivity contribution in [3.05, 3.63) is 69.6 Å². The quantitative estimate of drug-likeness (QED) is 0.383. The van der Waals surface area contributed by atoms with E-state index in [9.17, 15) is 20.1 Å². The summed E-state index contributed by atoms with van der Waals surface area (Å²) >= 11 is 0. The van der Waals surface area contributed by atoms with Crippen LogP contribution in [0.5, 0.6) is 0 Å². The van der Waals surface area contributed by atoms with Crippen LogP contribution in [0.2, 0.25) is 0 Å². The number of fused-ring (bicyclic) bond motifs is 2. The van der Waals surface area contributed by atoms with Crippen LogP contribution in [0.3, 0.4) is 0 Å². The first-order valence-electron chi connectivity index (χ1n) is 7.66. The zero-order valence-corrected chi connectivity index (χ0v) is 13.8. The zero-order chi connectivity index (χ0) is 18.2. The Morgan fingerprint density at radius 2 is 1.84 bits per heavy atom. The summed E-state index contributed by atoms with van der Waals surface area (Å²) in [5.74, 6) is -2.86. The second-order valence-corrected chi connectivity index (χ2v) is 5.74. The number of rotatable bonds is 4. The third-order valence-electron chi connectivity index (χ3n) is 4.23. The van der Waals surface area contributed by atoms with Gasteiger partial charge in [0.15, 0.2) is 5.76 Å². The summed E-state index contributed by atoms with van der Waals surface area (Å²) in [4.78, 5) is 13.0. The van der Waals surface area contributed by atoms with Crippen molar-refractivity contribution in [2.75, 3.05) is 13.7 Å². The van der Waals surface area contributed by atoms with Crippen molar-refractivity contribution in [2.24, 2.45) is 0 Å². The molecule has 2 aromatic carbocycles. The number of para-hydroxylation sites is 1. The van der Waals surface area contributed by atoms with Gasteiger partial charge in [-0.1, -0.05) is 24.3 Å². The van der Waals surface area contributed by atoms with E-state index in [-0.39, 0.29) is 27.5 Å². The molecule has 1 unspecified atom stereocenters. The van der Waals surface area contributed by atoms with Crippen LogP contribution in [0.15, 0.2) is 63.0 Å². The van der Waals surface area contributed by atoms with E-state index in [4.69, 9.17) is 9.15 Å². The Hall–Kier alpha value is -2.67. The van der Waals surface area contributed by atoms with Gasteiger partial charge in [0.05, 0.1) is 17.4 Å². The van der Waals surface area contributed by atoms with E-state index < -0.39 is 18.2 Å². The molecule has 0 spiro atoms. The van der Waals surface area contributed by atoms with Crippen molar-refractivity contribution in [3.63, 3.8) is 0 Å². The molecule has 6 nitrogen and oxygen atoms in total. The zero-order valence-electron chi connectivity index (χ0n) is 13.8. The van der Waals surface area contributed by atoms with Gasteiger partial charge in [0.25, 0.3) is 5.79 Å². The molecule has 0 aliphatic rings. The Labute approximate surface area is 143 Å². The number of benzene rings is 2. The number of hydrogen-bond donors (Lipinski definition) is 3. The molecule has 1 atom stereocenters. The van der Waals surface area contributed by atoms with E-state index in [0.717, 1.165) is 0 Å². The summed E-state index contributed by atoms with van der Waals surface area (Å²) in [6.07, 6.45) is 0. The predicted molar refractivity (Wildman–Crippen MR) is 93.3 cm³/mol. The lowest BCUT2D eigenvalue weighted by molar-refractivity contribution is -0.184. The molecule has 1 aromatic heterocycles. The van der Waals surface area contributed by atoms with Gasteiger partial charge in [0.2, 0.25) is 5.43 Å². The van der Waals surface area contributed by atoms with Crippen molar-refractivity contribution in [1.82, 2.24) is 0 Å². The average Bonchev–Trinajstić information content (AvgIpc) is 2.65. The van der Waals surface area contributed by atoms with E-state index in [0.29, 0.717) is 11.0 Å². The number of ether oxygens (including phenoxy) is 1. The van der Waals surface area contributed by atoms with Gasteiger partial charge >= 0.3 is 0 Å². The van der Waals surface area contributed by atoms with Crippen molar-refractivity contribution in [1.29, 1.82) is 0 Å². The third-order valence-corrected chi connectivity index (χ3v) is 4.23. The van der Waals surface area contributed by atoms with Crippen LogP contribution in [0.4, 0.5) is 0 Å². The standard InChI is InChI=1S/C19H18O6/c1-11(10-20)18(22)19(23,24-2)13-7-5-9-15-16(13)17(21)12-6-3-4-8-14(12)25-15/h3-9,20,22-23H,10H2,1-2H3/b18-11-. The van der Waals surface area contributed by atoms with Crippen LogP contribution in [0.1, 0.15) is 12.5 Å². The number of aliphatic hydroxyl groups is 3. The van der Waals surface area contributed by atoms with E-state index in [1.54, 1.807) is 36.4 Å². The monoisotopic (exact) mass is 342 g/mol. The van der Waals surface area contributed by atoms with Crippen molar-refractivity contribution in [2.45, 2.75) is 12.7 Å². The maximum absolute atomic E-state index is 13.0. The van der Waals surface area contributed by atoms with Gasteiger partial charge in [-0.3, -0.25) is 4.79 Å². The largest absolute Gasteiger partial charge is 0.506 e. The SMILES string of the molecule is COC(O)(/C(O)=C(\C)CO)c1cccc2oc3ccccc3c(=O)c12. The molecule has 6 heteroatoms. The van der Waals surface area contributed by atoms with Gasteiger partial charge in [-0.15, -0.1) is 0 Å². The maximum Gasteiger partial charge on any atom is 0.253 e. The molecule has 0 amide bonds. The maximum atomic E-state index is 13.0. The fourth-order valence-electron chi connectivity index (χ4n) is 2.83. The van der Waals surface area contributed by atoms with Gasteiger partial charge in [-0.25, -0.2) is 0 Å². The minimum Gasteiger partial charge on any atom is -0.506 e. The summed E-state index contributed by atoms with van der Waals surface area (Å²) in [7, 11) is 1.20.